The van der Waals surface area contributed by atoms with Crippen LogP contribution in [0.4, 0.5) is 10.2 Å². The molecule has 0 aliphatic carbocycles. The minimum atomic E-state index is -0.520. The van der Waals surface area contributed by atoms with E-state index >= 15 is 0 Å². The van der Waals surface area contributed by atoms with Crippen molar-refractivity contribution in [2.24, 2.45) is 0 Å². The van der Waals surface area contributed by atoms with Gasteiger partial charge >= 0.3 is 0 Å². The van der Waals surface area contributed by atoms with E-state index in [9.17, 15) is 9.18 Å². The maximum atomic E-state index is 13.7. The normalized spacial score (nSPS) is 10.8. The van der Waals surface area contributed by atoms with Crippen LogP contribution < -0.4 is 5.32 Å². The van der Waals surface area contributed by atoms with Gasteiger partial charge in [-0.2, -0.15) is 5.10 Å². The summed E-state index contributed by atoms with van der Waals surface area (Å²) in [6, 6.07) is 6.33. The van der Waals surface area contributed by atoms with E-state index in [1.807, 2.05) is 13.8 Å². The highest BCUT2D eigenvalue weighted by molar-refractivity contribution is 6.04. The molecule has 100 valence electrons. The van der Waals surface area contributed by atoms with E-state index in [4.69, 9.17) is 0 Å². The van der Waals surface area contributed by atoms with Crippen LogP contribution in [-0.4, -0.2) is 15.7 Å². The number of amides is 1. The Morgan fingerprint density at radius 3 is 2.74 bits per heavy atom. The average molecular weight is 261 g/mol. The molecule has 0 spiro atoms. The lowest BCUT2D eigenvalue weighted by Crippen LogP contribution is -2.17. The molecule has 1 N–H and O–H groups in total. The summed E-state index contributed by atoms with van der Waals surface area (Å²) < 4.78 is 15.4. The number of carbonyl (C=O) groups is 1. The lowest BCUT2D eigenvalue weighted by Gasteiger charge is -2.12. The molecule has 1 aromatic carbocycles. The highest BCUT2D eigenvalue weighted by Gasteiger charge is 2.14. The summed E-state index contributed by atoms with van der Waals surface area (Å²) in [5.41, 5.74) is 0.809. The number of aryl methyl sites for hydroxylation is 1. The molecular weight excluding hydrogens is 245 g/mol. The van der Waals surface area contributed by atoms with Crippen LogP contribution in [0.15, 0.2) is 30.5 Å². The molecular formula is C14H16FN3O. The Morgan fingerprint density at radius 2 is 2.11 bits per heavy atom. The highest BCUT2D eigenvalue weighted by atomic mass is 19.1. The van der Waals surface area contributed by atoms with Gasteiger partial charge in [-0.3, -0.25) is 4.79 Å². The number of nitrogens with one attached hydrogen (secondary N) is 1. The molecule has 0 fully saturated rings. The fourth-order valence-corrected chi connectivity index (χ4v) is 1.81. The quantitative estimate of drug-likeness (QED) is 0.922. The van der Waals surface area contributed by atoms with Crippen molar-refractivity contribution in [1.29, 1.82) is 0 Å². The van der Waals surface area contributed by atoms with Crippen LogP contribution in [0.25, 0.3) is 0 Å². The fraction of sp³-hybridized carbons (Fsp3) is 0.286. The maximum absolute atomic E-state index is 13.7. The Bertz CT molecular complexity index is 604. The van der Waals surface area contributed by atoms with Gasteiger partial charge in [-0.15, -0.1) is 0 Å². The van der Waals surface area contributed by atoms with E-state index in [2.05, 4.69) is 10.4 Å². The van der Waals surface area contributed by atoms with Crippen molar-refractivity contribution in [1.82, 2.24) is 9.78 Å². The Kier molecular flexibility index (Phi) is 3.64. The number of halogens is 1. The van der Waals surface area contributed by atoms with E-state index in [0.717, 1.165) is 5.56 Å². The maximum Gasteiger partial charge on any atom is 0.259 e. The fourth-order valence-electron chi connectivity index (χ4n) is 1.81. The monoisotopic (exact) mass is 261 g/mol. The molecule has 0 aliphatic heterocycles. The number of nitrogens with zero attached hydrogens (tertiary/aromatic N) is 2. The predicted octanol–water partition coefficient (Wildman–Crippen LogP) is 3.16. The minimum Gasteiger partial charge on any atom is -0.307 e. The summed E-state index contributed by atoms with van der Waals surface area (Å²) in [5.74, 6) is -0.437. The van der Waals surface area contributed by atoms with Crippen molar-refractivity contribution in [2.45, 2.75) is 26.8 Å². The molecule has 0 radical (unpaired) electrons. The lowest BCUT2D eigenvalue weighted by atomic mass is 10.1. The minimum absolute atomic E-state index is 0.0297. The summed E-state index contributed by atoms with van der Waals surface area (Å²) >= 11 is 0. The molecule has 19 heavy (non-hydrogen) atoms. The van der Waals surface area contributed by atoms with Crippen LogP contribution >= 0.6 is 0 Å². The van der Waals surface area contributed by atoms with E-state index in [1.54, 1.807) is 29.9 Å². The van der Waals surface area contributed by atoms with Crippen LogP contribution in [0.3, 0.4) is 0 Å². The van der Waals surface area contributed by atoms with Crippen molar-refractivity contribution < 1.29 is 9.18 Å². The van der Waals surface area contributed by atoms with Crippen LogP contribution in [0, 0.1) is 12.7 Å². The van der Waals surface area contributed by atoms with Gasteiger partial charge in [-0.05, 0) is 38.5 Å². The zero-order valence-electron chi connectivity index (χ0n) is 11.1. The predicted molar refractivity (Wildman–Crippen MR) is 71.7 cm³/mol. The second kappa shape index (κ2) is 5.22. The van der Waals surface area contributed by atoms with Crippen LogP contribution in [0.2, 0.25) is 0 Å². The Labute approximate surface area is 111 Å². The largest absolute Gasteiger partial charge is 0.307 e. The van der Waals surface area contributed by atoms with E-state index in [1.165, 1.54) is 12.1 Å². The van der Waals surface area contributed by atoms with Gasteiger partial charge in [-0.1, -0.05) is 6.07 Å². The van der Waals surface area contributed by atoms with Crippen molar-refractivity contribution in [2.75, 3.05) is 5.32 Å². The van der Waals surface area contributed by atoms with Gasteiger partial charge in [0.15, 0.2) is 0 Å². The van der Waals surface area contributed by atoms with Crippen molar-refractivity contribution in [3.05, 3.63) is 47.4 Å². The topological polar surface area (TPSA) is 46.9 Å². The molecule has 0 unspecified atom stereocenters. The Hall–Kier alpha value is -2.17. The smallest absolute Gasteiger partial charge is 0.259 e. The number of hydrogen-bond acceptors (Lipinski definition) is 2. The van der Waals surface area contributed by atoms with Crippen molar-refractivity contribution in [3.63, 3.8) is 0 Å². The SMILES string of the molecule is Cc1ccc(C(=O)Nc2ccnn2C(C)C)c(F)c1. The molecule has 1 amide bonds. The first-order valence-electron chi connectivity index (χ1n) is 6.10. The second-order valence-corrected chi connectivity index (χ2v) is 4.69. The summed E-state index contributed by atoms with van der Waals surface area (Å²) in [7, 11) is 0. The molecule has 0 atom stereocenters. The molecule has 1 heterocycles. The summed E-state index contributed by atoms with van der Waals surface area (Å²) in [4.78, 5) is 12.0. The average Bonchev–Trinajstić information content (AvgIpc) is 2.76. The van der Waals surface area contributed by atoms with Gasteiger partial charge in [0.05, 0.1) is 11.8 Å². The molecule has 2 rings (SSSR count). The van der Waals surface area contributed by atoms with E-state index in [-0.39, 0.29) is 11.6 Å². The van der Waals surface area contributed by atoms with Crippen LogP contribution in [-0.2, 0) is 0 Å². The standard InChI is InChI=1S/C14H16FN3O/c1-9(2)18-13(6-7-16-18)17-14(19)11-5-4-10(3)8-12(11)15/h4-9H,1-3H3,(H,17,19). The molecule has 0 saturated heterocycles. The van der Waals surface area contributed by atoms with Gasteiger partial charge in [0.25, 0.3) is 5.91 Å². The first kappa shape index (κ1) is 13.3. The van der Waals surface area contributed by atoms with Crippen molar-refractivity contribution >= 4 is 11.7 Å². The number of benzene rings is 1. The number of anilines is 1. The van der Waals surface area contributed by atoms with Crippen LogP contribution in [0.1, 0.15) is 35.8 Å². The lowest BCUT2D eigenvalue weighted by molar-refractivity contribution is 0.102. The molecule has 2 aromatic rings. The first-order chi connectivity index (χ1) is 8.99. The molecule has 0 saturated carbocycles. The summed E-state index contributed by atoms with van der Waals surface area (Å²) in [6.45, 7) is 5.68. The number of carbonyl (C=O) groups excluding carboxylic acids is 1. The highest BCUT2D eigenvalue weighted by Crippen LogP contribution is 2.16. The van der Waals surface area contributed by atoms with E-state index < -0.39 is 11.7 Å². The number of aromatic nitrogens is 2. The number of rotatable bonds is 3. The third-order valence-electron chi connectivity index (χ3n) is 2.77. The Morgan fingerprint density at radius 1 is 1.37 bits per heavy atom. The second-order valence-electron chi connectivity index (χ2n) is 4.69. The van der Waals surface area contributed by atoms with Gasteiger partial charge < -0.3 is 5.32 Å². The van der Waals surface area contributed by atoms with E-state index in [0.29, 0.717) is 5.82 Å². The third kappa shape index (κ3) is 2.81. The van der Waals surface area contributed by atoms with Gasteiger partial charge in [0.2, 0.25) is 0 Å². The van der Waals surface area contributed by atoms with Gasteiger partial charge in [-0.25, -0.2) is 9.07 Å². The third-order valence-corrected chi connectivity index (χ3v) is 2.77. The summed E-state index contributed by atoms with van der Waals surface area (Å²) in [5, 5.41) is 6.78. The zero-order chi connectivity index (χ0) is 14.0. The van der Waals surface area contributed by atoms with Gasteiger partial charge in [0.1, 0.15) is 11.6 Å². The van der Waals surface area contributed by atoms with Crippen LogP contribution in [0.5, 0.6) is 0 Å². The molecule has 0 bridgehead atoms. The molecule has 0 aliphatic rings. The summed E-state index contributed by atoms with van der Waals surface area (Å²) in [6.07, 6.45) is 1.60. The molecule has 1 aromatic heterocycles. The van der Waals surface area contributed by atoms with Gasteiger partial charge in [0, 0.05) is 12.1 Å². The zero-order valence-corrected chi connectivity index (χ0v) is 11.1. The molecule has 5 heteroatoms. The first-order valence-corrected chi connectivity index (χ1v) is 6.10. The Balaban J connectivity index is 2.23. The number of hydrogen-bond donors (Lipinski definition) is 1. The molecule has 4 nitrogen and oxygen atoms in total. The van der Waals surface area contributed by atoms with Crippen molar-refractivity contribution in [3.8, 4) is 0 Å².